The van der Waals surface area contributed by atoms with Crippen LogP contribution in [0.2, 0.25) is 0 Å². The molecule has 0 atom stereocenters. The van der Waals surface area contributed by atoms with Gasteiger partial charge in [-0.05, 0) is 42.9 Å². The zero-order valence-corrected chi connectivity index (χ0v) is 11.4. The lowest BCUT2D eigenvalue weighted by Gasteiger charge is -2.21. The third-order valence-electron chi connectivity index (χ3n) is 3.41. The first kappa shape index (κ1) is 13.3. The lowest BCUT2D eigenvalue weighted by atomic mass is 10.0. The molecule has 1 heterocycles. The van der Waals surface area contributed by atoms with Crippen LogP contribution in [0.15, 0.2) is 17.5 Å². The summed E-state index contributed by atoms with van der Waals surface area (Å²) >= 11 is 1.62. The molecule has 0 unspecified atom stereocenters. The molecule has 0 bridgehead atoms. The topological polar surface area (TPSA) is 49.3 Å². The van der Waals surface area contributed by atoms with Crippen molar-refractivity contribution in [3.05, 3.63) is 28.0 Å². The number of aliphatic hydroxyl groups is 1. The maximum absolute atomic E-state index is 11.6. The van der Waals surface area contributed by atoms with Gasteiger partial charge in [0.25, 0.3) is 0 Å². The number of hydrogen-bond acceptors (Lipinski definition) is 3. The molecule has 0 aromatic carbocycles. The molecule has 1 fully saturated rings. The van der Waals surface area contributed by atoms with Gasteiger partial charge in [0.1, 0.15) is 0 Å². The van der Waals surface area contributed by atoms with E-state index >= 15 is 0 Å². The first-order valence-electron chi connectivity index (χ1n) is 6.31. The van der Waals surface area contributed by atoms with Gasteiger partial charge in [-0.2, -0.15) is 0 Å². The average molecular weight is 265 g/mol. The fourth-order valence-electron chi connectivity index (χ4n) is 2.23. The zero-order chi connectivity index (χ0) is 13.0. The molecule has 18 heavy (non-hydrogen) atoms. The van der Waals surface area contributed by atoms with Gasteiger partial charge in [0.05, 0.1) is 5.60 Å². The van der Waals surface area contributed by atoms with Crippen LogP contribution in [-0.4, -0.2) is 23.2 Å². The van der Waals surface area contributed by atoms with Gasteiger partial charge in [0.2, 0.25) is 5.91 Å². The van der Waals surface area contributed by atoms with Crippen LogP contribution in [-0.2, 0) is 4.79 Å². The lowest BCUT2D eigenvalue weighted by Crippen LogP contribution is -2.40. The molecular formula is C14H19NO2S. The first-order valence-corrected chi connectivity index (χ1v) is 7.19. The lowest BCUT2D eigenvalue weighted by molar-refractivity contribution is -0.117. The standard InChI is InChI=1S/C14H19NO2S/c1-11-6-9-18-12(11)4-5-13(16)15-10-14(17)7-2-3-8-14/h4-6,9,17H,2-3,7-8,10H2,1H3,(H,15,16). The van der Waals surface area contributed by atoms with Gasteiger partial charge < -0.3 is 10.4 Å². The summed E-state index contributed by atoms with van der Waals surface area (Å²) in [4.78, 5) is 12.7. The van der Waals surface area contributed by atoms with Crippen molar-refractivity contribution >= 4 is 23.3 Å². The van der Waals surface area contributed by atoms with E-state index in [1.54, 1.807) is 11.3 Å². The highest BCUT2D eigenvalue weighted by molar-refractivity contribution is 7.11. The molecule has 3 nitrogen and oxygen atoms in total. The molecule has 2 rings (SSSR count). The largest absolute Gasteiger partial charge is 0.388 e. The normalized spacial score (nSPS) is 18.3. The number of carbonyl (C=O) groups excluding carboxylic acids is 1. The summed E-state index contributed by atoms with van der Waals surface area (Å²) in [6, 6.07) is 2.03. The smallest absolute Gasteiger partial charge is 0.244 e. The zero-order valence-electron chi connectivity index (χ0n) is 10.6. The van der Waals surface area contributed by atoms with Crippen molar-refractivity contribution in [2.45, 2.75) is 38.2 Å². The predicted molar refractivity (Wildman–Crippen MR) is 74.5 cm³/mol. The molecule has 98 valence electrons. The molecule has 1 amide bonds. The highest BCUT2D eigenvalue weighted by Gasteiger charge is 2.30. The van der Waals surface area contributed by atoms with Gasteiger partial charge in [0.15, 0.2) is 0 Å². The second-order valence-corrected chi connectivity index (χ2v) is 5.90. The Morgan fingerprint density at radius 2 is 2.28 bits per heavy atom. The summed E-state index contributed by atoms with van der Waals surface area (Å²) in [6.45, 7) is 2.38. The van der Waals surface area contributed by atoms with E-state index in [1.165, 1.54) is 11.6 Å². The molecule has 1 aromatic heterocycles. The molecule has 0 radical (unpaired) electrons. The maximum atomic E-state index is 11.6. The summed E-state index contributed by atoms with van der Waals surface area (Å²) in [6.07, 6.45) is 7.06. The minimum absolute atomic E-state index is 0.136. The molecule has 0 spiro atoms. The number of carbonyl (C=O) groups is 1. The van der Waals surface area contributed by atoms with Crippen LogP contribution < -0.4 is 5.32 Å². The van der Waals surface area contributed by atoms with Crippen molar-refractivity contribution in [3.8, 4) is 0 Å². The first-order chi connectivity index (χ1) is 8.59. The third kappa shape index (κ3) is 3.43. The van der Waals surface area contributed by atoms with Crippen LogP contribution >= 0.6 is 11.3 Å². The second-order valence-electron chi connectivity index (χ2n) is 4.95. The minimum atomic E-state index is -0.678. The molecule has 4 heteroatoms. The van der Waals surface area contributed by atoms with Gasteiger partial charge >= 0.3 is 0 Å². The number of thiophene rings is 1. The van der Waals surface area contributed by atoms with E-state index in [9.17, 15) is 9.90 Å². The number of nitrogens with one attached hydrogen (secondary N) is 1. The number of hydrogen-bond donors (Lipinski definition) is 2. The van der Waals surface area contributed by atoms with E-state index in [4.69, 9.17) is 0 Å². The minimum Gasteiger partial charge on any atom is -0.388 e. The van der Waals surface area contributed by atoms with Crippen LogP contribution in [0.3, 0.4) is 0 Å². The number of rotatable bonds is 4. The van der Waals surface area contributed by atoms with Crippen LogP contribution in [0, 0.1) is 6.92 Å². The molecule has 1 aliphatic carbocycles. The Balaban J connectivity index is 1.82. The second kappa shape index (κ2) is 5.67. The molecule has 1 aromatic rings. The number of aryl methyl sites for hydroxylation is 1. The highest BCUT2D eigenvalue weighted by atomic mass is 32.1. The Bertz CT molecular complexity index is 444. The van der Waals surface area contributed by atoms with E-state index < -0.39 is 5.60 Å². The summed E-state index contributed by atoms with van der Waals surface area (Å²) in [5.41, 5.74) is 0.501. The molecule has 0 aliphatic heterocycles. The van der Waals surface area contributed by atoms with Crippen molar-refractivity contribution in [1.29, 1.82) is 0 Å². The fourth-order valence-corrected chi connectivity index (χ4v) is 3.05. The maximum Gasteiger partial charge on any atom is 0.244 e. The SMILES string of the molecule is Cc1ccsc1C=CC(=O)NCC1(O)CCCC1. The molecule has 1 aliphatic rings. The molecular weight excluding hydrogens is 246 g/mol. The van der Waals surface area contributed by atoms with Crippen molar-refractivity contribution in [3.63, 3.8) is 0 Å². The molecule has 0 saturated heterocycles. The highest BCUT2D eigenvalue weighted by Crippen LogP contribution is 2.28. The number of amides is 1. The van der Waals surface area contributed by atoms with E-state index in [0.717, 1.165) is 30.6 Å². The molecule has 2 N–H and O–H groups in total. The Morgan fingerprint density at radius 3 is 2.89 bits per heavy atom. The van der Waals surface area contributed by atoms with Gasteiger partial charge in [-0.3, -0.25) is 4.79 Å². The van der Waals surface area contributed by atoms with Crippen LogP contribution in [0.4, 0.5) is 0 Å². The monoisotopic (exact) mass is 265 g/mol. The van der Waals surface area contributed by atoms with Gasteiger partial charge in [-0.25, -0.2) is 0 Å². The van der Waals surface area contributed by atoms with E-state index in [1.807, 2.05) is 24.4 Å². The van der Waals surface area contributed by atoms with E-state index in [2.05, 4.69) is 5.32 Å². The van der Waals surface area contributed by atoms with Crippen molar-refractivity contribution in [2.24, 2.45) is 0 Å². The third-order valence-corrected chi connectivity index (χ3v) is 4.40. The quantitative estimate of drug-likeness (QED) is 0.822. The summed E-state index contributed by atoms with van der Waals surface area (Å²) in [5, 5.41) is 14.9. The predicted octanol–water partition coefficient (Wildman–Crippen LogP) is 2.49. The van der Waals surface area contributed by atoms with Gasteiger partial charge in [0, 0.05) is 17.5 Å². The van der Waals surface area contributed by atoms with Crippen molar-refractivity contribution < 1.29 is 9.90 Å². The molecule has 1 saturated carbocycles. The van der Waals surface area contributed by atoms with Gasteiger partial charge in [-0.15, -0.1) is 11.3 Å². The van der Waals surface area contributed by atoms with Crippen LogP contribution in [0.25, 0.3) is 6.08 Å². The van der Waals surface area contributed by atoms with Crippen molar-refractivity contribution in [1.82, 2.24) is 5.32 Å². The van der Waals surface area contributed by atoms with Gasteiger partial charge in [-0.1, -0.05) is 12.8 Å². The Morgan fingerprint density at radius 1 is 1.56 bits per heavy atom. The summed E-state index contributed by atoms with van der Waals surface area (Å²) in [5.74, 6) is -0.136. The summed E-state index contributed by atoms with van der Waals surface area (Å²) in [7, 11) is 0. The Kier molecular flexibility index (Phi) is 4.19. The fraction of sp³-hybridized carbons (Fsp3) is 0.500. The van der Waals surface area contributed by atoms with Crippen LogP contribution in [0.5, 0.6) is 0 Å². The Hall–Kier alpha value is -1.13. The van der Waals surface area contributed by atoms with Crippen LogP contribution in [0.1, 0.15) is 36.1 Å². The summed E-state index contributed by atoms with van der Waals surface area (Å²) < 4.78 is 0. The Labute approximate surface area is 112 Å². The van der Waals surface area contributed by atoms with E-state index in [-0.39, 0.29) is 5.91 Å². The van der Waals surface area contributed by atoms with Crippen molar-refractivity contribution in [2.75, 3.05) is 6.54 Å². The average Bonchev–Trinajstić information content (AvgIpc) is 2.94. The van der Waals surface area contributed by atoms with E-state index in [0.29, 0.717) is 6.54 Å².